The van der Waals surface area contributed by atoms with E-state index in [2.05, 4.69) is 10.6 Å². The van der Waals surface area contributed by atoms with E-state index in [0.29, 0.717) is 25.2 Å². The molecule has 0 radical (unpaired) electrons. The van der Waals surface area contributed by atoms with Gasteiger partial charge in [0.1, 0.15) is 11.9 Å². The molecule has 2 N–H and O–H groups in total. The second-order valence-electron chi connectivity index (χ2n) is 5.99. The van der Waals surface area contributed by atoms with Crippen molar-refractivity contribution in [2.75, 3.05) is 11.9 Å². The number of rotatable bonds is 4. The molecule has 5 nitrogen and oxygen atoms in total. The number of nitrogens with zero attached hydrogens (tertiary/aromatic N) is 1. The lowest BCUT2D eigenvalue weighted by Crippen LogP contribution is -2.47. The molecule has 3 amide bonds. The first kappa shape index (κ1) is 17.0. The van der Waals surface area contributed by atoms with Gasteiger partial charge in [0.05, 0.1) is 0 Å². The van der Waals surface area contributed by atoms with E-state index >= 15 is 0 Å². The Morgan fingerprint density at radius 3 is 2.52 bits per heavy atom. The molecule has 0 unspecified atom stereocenters. The first-order valence-corrected chi connectivity index (χ1v) is 8.28. The number of carbonyl (C=O) groups is 2. The predicted molar refractivity (Wildman–Crippen MR) is 93.4 cm³/mol. The van der Waals surface area contributed by atoms with Crippen molar-refractivity contribution in [2.24, 2.45) is 0 Å². The van der Waals surface area contributed by atoms with Gasteiger partial charge in [0.15, 0.2) is 0 Å². The summed E-state index contributed by atoms with van der Waals surface area (Å²) >= 11 is 0. The molecule has 0 saturated carbocycles. The molecule has 1 fully saturated rings. The Morgan fingerprint density at radius 1 is 1.08 bits per heavy atom. The SMILES string of the molecule is O=C(NCc1ccc(F)cc1)[C@@H]1CCCN1C(=O)Nc1ccccc1. The Balaban J connectivity index is 1.57. The maximum atomic E-state index is 12.9. The fourth-order valence-corrected chi connectivity index (χ4v) is 2.91. The zero-order valence-electron chi connectivity index (χ0n) is 13.7. The van der Waals surface area contributed by atoms with Crippen molar-refractivity contribution in [2.45, 2.75) is 25.4 Å². The highest BCUT2D eigenvalue weighted by molar-refractivity contribution is 5.94. The number of hydrogen-bond donors (Lipinski definition) is 2. The molecule has 25 heavy (non-hydrogen) atoms. The summed E-state index contributed by atoms with van der Waals surface area (Å²) in [4.78, 5) is 26.4. The highest BCUT2D eigenvalue weighted by Crippen LogP contribution is 2.19. The van der Waals surface area contributed by atoms with Crippen LogP contribution in [-0.2, 0) is 11.3 Å². The number of benzene rings is 2. The topological polar surface area (TPSA) is 61.4 Å². The number of urea groups is 1. The summed E-state index contributed by atoms with van der Waals surface area (Å²) in [6.07, 6.45) is 1.42. The van der Waals surface area contributed by atoms with Crippen molar-refractivity contribution < 1.29 is 14.0 Å². The molecule has 2 aromatic rings. The lowest BCUT2D eigenvalue weighted by molar-refractivity contribution is -0.124. The number of anilines is 1. The van der Waals surface area contributed by atoms with Gasteiger partial charge < -0.3 is 15.5 Å². The minimum Gasteiger partial charge on any atom is -0.350 e. The summed E-state index contributed by atoms with van der Waals surface area (Å²) in [5.74, 6) is -0.500. The van der Waals surface area contributed by atoms with E-state index in [4.69, 9.17) is 0 Å². The van der Waals surface area contributed by atoms with Crippen LogP contribution in [0, 0.1) is 5.82 Å². The predicted octanol–water partition coefficient (Wildman–Crippen LogP) is 3.14. The van der Waals surface area contributed by atoms with Crippen LogP contribution in [0.1, 0.15) is 18.4 Å². The van der Waals surface area contributed by atoms with Crippen LogP contribution in [0.5, 0.6) is 0 Å². The number of carbonyl (C=O) groups excluding carboxylic acids is 2. The van der Waals surface area contributed by atoms with Gasteiger partial charge in [-0.25, -0.2) is 9.18 Å². The van der Waals surface area contributed by atoms with Gasteiger partial charge >= 0.3 is 6.03 Å². The molecule has 0 spiro atoms. The van der Waals surface area contributed by atoms with Crippen LogP contribution in [0.2, 0.25) is 0 Å². The van der Waals surface area contributed by atoms with Gasteiger partial charge in [0.2, 0.25) is 5.91 Å². The van der Waals surface area contributed by atoms with Gasteiger partial charge in [-0.05, 0) is 42.7 Å². The molecular weight excluding hydrogens is 321 g/mol. The number of amides is 3. The molecule has 1 aliphatic heterocycles. The largest absolute Gasteiger partial charge is 0.350 e. The van der Waals surface area contributed by atoms with Gasteiger partial charge in [-0.1, -0.05) is 30.3 Å². The van der Waals surface area contributed by atoms with E-state index < -0.39 is 6.04 Å². The lowest BCUT2D eigenvalue weighted by Gasteiger charge is -2.24. The maximum Gasteiger partial charge on any atom is 0.322 e. The van der Waals surface area contributed by atoms with Crippen LogP contribution in [0.15, 0.2) is 54.6 Å². The van der Waals surface area contributed by atoms with Crippen LogP contribution in [0.4, 0.5) is 14.9 Å². The second kappa shape index (κ2) is 7.79. The third-order valence-electron chi connectivity index (χ3n) is 4.22. The molecule has 130 valence electrons. The molecule has 0 bridgehead atoms. The third-order valence-corrected chi connectivity index (χ3v) is 4.22. The van der Waals surface area contributed by atoms with Crippen molar-refractivity contribution in [3.63, 3.8) is 0 Å². The Labute approximate surface area is 145 Å². The van der Waals surface area contributed by atoms with E-state index in [1.165, 1.54) is 12.1 Å². The van der Waals surface area contributed by atoms with Crippen LogP contribution >= 0.6 is 0 Å². The van der Waals surface area contributed by atoms with Crippen molar-refractivity contribution in [3.05, 3.63) is 66.0 Å². The number of hydrogen-bond acceptors (Lipinski definition) is 2. The van der Waals surface area contributed by atoms with Gasteiger partial charge in [-0.3, -0.25) is 4.79 Å². The smallest absolute Gasteiger partial charge is 0.322 e. The molecule has 1 saturated heterocycles. The highest BCUT2D eigenvalue weighted by Gasteiger charge is 2.33. The van der Waals surface area contributed by atoms with Gasteiger partial charge in [0.25, 0.3) is 0 Å². The average molecular weight is 341 g/mol. The van der Waals surface area contributed by atoms with Crippen molar-refractivity contribution in [1.82, 2.24) is 10.2 Å². The molecule has 0 aliphatic carbocycles. The van der Waals surface area contributed by atoms with Crippen LogP contribution in [0.25, 0.3) is 0 Å². The number of likely N-dealkylation sites (tertiary alicyclic amines) is 1. The van der Waals surface area contributed by atoms with Crippen LogP contribution in [0.3, 0.4) is 0 Å². The minimum atomic E-state index is -0.482. The molecule has 2 aromatic carbocycles. The molecule has 0 aromatic heterocycles. The van der Waals surface area contributed by atoms with E-state index in [9.17, 15) is 14.0 Å². The molecule has 6 heteroatoms. The number of nitrogens with one attached hydrogen (secondary N) is 2. The van der Waals surface area contributed by atoms with Crippen molar-refractivity contribution >= 4 is 17.6 Å². The average Bonchev–Trinajstić information content (AvgIpc) is 3.12. The maximum absolute atomic E-state index is 12.9. The normalized spacial score (nSPS) is 16.5. The molecular formula is C19H20FN3O2. The Kier molecular flexibility index (Phi) is 5.28. The summed E-state index contributed by atoms with van der Waals surface area (Å²) in [7, 11) is 0. The van der Waals surface area contributed by atoms with Gasteiger partial charge in [0, 0.05) is 18.8 Å². The molecule has 1 atom stereocenters. The van der Waals surface area contributed by atoms with E-state index in [1.807, 2.05) is 18.2 Å². The molecule has 1 heterocycles. The fraction of sp³-hybridized carbons (Fsp3) is 0.263. The van der Waals surface area contributed by atoms with Crippen LogP contribution < -0.4 is 10.6 Å². The Morgan fingerprint density at radius 2 is 1.80 bits per heavy atom. The van der Waals surface area contributed by atoms with Crippen LogP contribution in [-0.4, -0.2) is 29.4 Å². The van der Waals surface area contributed by atoms with E-state index in [0.717, 1.165) is 12.0 Å². The van der Waals surface area contributed by atoms with Crippen molar-refractivity contribution in [3.8, 4) is 0 Å². The fourth-order valence-electron chi connectivity index (χ4n) is 2.91. The Bertz CT molecular complexity index is 734. The van der Waals surface area contributed by atoms with Gasteiger partial charge in [-0.2, -0.15) is 0 Å². The Hall–Kier alpha value is -2.89. The minimum absolute atomic E-state index is 0.190. The highest BCUT2D eigenvalue weighted by atomic mass is 19.1. The lowest BCUT2D eigenvalue weighted by atomic mass is 10.2. The number of halogens is 1. The standard InChI is InChI=1S/C19H20FN3O2/c20-15-10-8-14(9-11-15)13-21-18(24)17-7-4-12-23(17)19(25)22-16-5-2-1-3-6-16/h1-3,5-6,8-11,17H,4,7,12-13H2,(H,21,24)(H,22,25)/t17-/m0/s1. The number of para-hydroxylation sites is 1. The molecule has 3 rings (SSSR count). The van der Waals surface area contributed by atoms with E-state index in [-0.39, 0.29) is 17.8 Å². The third kappa shape index (κ3) is 4.35. The summed E-state index contributed by atoms with van der Waals surface area (Å²) in [6, 6.07) is 14.4. The summed E-state index contributed by atoms with van der Waals surface area (Å²) in [5, 5.41) is 5.64. The zero-order chi connectivity index (χ0) is 17.6. The van der Waals surface area contributed by atoms with Crippen molar-refractivity contribution in [1.29, 1.82) is 0 Å². The zero-order valence-corrected chi connectivity index (χ0v) is 13.7. The quantitative estimate of drug-likeness (QED) is 0.897. The van der Waals surface area contributed by atoms with E-state index in [1.54, 1.807) is 29.2 Å². The summed E-state index contributed by atoms with van der Waals surface area (Å²) < 4.78 is 12.9. The monoisotopic (exact) mass is 341 g/mol. The second-order valence-corrected chi connectivity index (χ2v) is 5.99. The summed E-state index contributed by atoms with van der Waals surface area (Å²) in [6.45, 7) is 0.858. The van der Waals surface area contributed by atoms with Gasteiger partial charge in [-0.15, -0.1) is 0 Å². The molecule has 1 aliphatic rings. The first-order chi connectivity index (χ1) is 12.1. The first-order valence-electron chi connectivity index (χ1n) is 8.28. The summed E-state index contributed by atoms with van der Waals surface area (Å²) in [5.41, 5.74) is 1.51.